The van der Waals surface area contributed by atoms with Gasteiger partial charge in [-0.1, -0.05) is 91.0 Å². The molecule has 0 aliphatic carbocycles. The zero-order chi connectivity index (χ0) is 32.3. The van der Waals surface area contributed by atoms with Crippen LogP contribution in [0.25, 0.3) is 21.9 Å². The van der Waals surface area contributed by atoms with Crippen LogP contribution in [0.15, 0.2) is 109 Å². The summed E-state index contributed by atoms with van der Waals surface area (Å²) in [4.78, 5) is 22.9. The number of ether oxygens (including phenoxy) is 2. The monoisotopic (exact) mass is 614 g/mol. The van der Waals surface area contributed by atoms with Crippen molar-refractivity contribution in [2.24, 2.45) is 0 Å². The van der Waals surface area contributed by atoms with Gasteiger partial charge in [-0.15, -0.1) is 0 Å². The van der Waals surface area contributed by atoms with E-state index in [1.807, 2.05) is 72.2 Å². The number of anilines is 1. The third-order valence-electron chi connectivity index (χ3n) is 8.08. The Labute approximate surface area is 268 Å². The van der Waals surface area contributed by atoms with Crippen LogP contribution in [-0.4, -0.2) is 44.9 Å². The molecule has 0 unspecified atom stereocenters. The van der Waals surface area contributed by atoms with E-state index in [-0.39, 0.29) is 13.2 Å². The summed E-state index contributed by atoms with van der Waals surface area (Å²) in [5, 5.41) is 15.7. The number of carbonyl (C=O) groups is 1. The van der Waals surface area contributed by atoms with Crippen molar-refractivity contribution in [1.29, 1.82) is 0 Å². The van der Waals surface area contributed by atoms with E-state index in [0.29, 0.717) is 34.8 Å². The molecule has 2 N–H and O–H groups in total. The molecule has 0 saturated heterocycles. The van der Waals surface area contributed by atoms with Gasteiger partial charge in [-0.2, -0.15) is 0 Å². The van der Waals surface area contributed by atoms with Crippen molar-refractivity contribution in [2.45, 2.75) is 45.1 Å². The van der Waals surface area contributed by atoms with Crippen LogP contribution in [0.2, 0.25) is 0 Å². The summed E-state index contributed by atoms with van der Waals surface area (Å²) in [6, 6.07) is 36.2. The van der Waals surface area contributed by atoms with Crippen molar-refractivity contribution in [3.8, 4) is 0 Å². The second-order valence-electron chi connectivity index (χ2n) is 11.9. The molecule has 0 atom stereocenters. The fourth-order valence-corrected chi connectivity index (χ4v) is 6.09. The minimum Gasteiger partial charge on any atom is -0.465 e. The van der Waals surface area contributed by atoms with Gasteiger partial charge in [0.2, 0.25) is 0 Å². The summed E-state index contributed by atoms with van der Waals surface area (Å²) < 4.78 is 12.9. The van der Waals surface area contributed by atoms with Gasteiger partial charge in [0, 0.05) is 12.0 Å². The van der Waals surface area contributed by atoms with Crippen molar-refractivity contribution >= 4 is 33.7 Å². The van der Waals surface area contributed by atoms with Gasteiger partial charge in [-0.05, 0) is 55.7 Å². The van der Waals surface area contributed by atoms with Crippen molar-refractivity contribution in [3.63, 3.8) is 0 Å². The van der Waals surface area contributed by atoms with E-state index >= 15 is 0 Å². The normalized spacial score (nSPS) is 12.0. The number of fused-ring (bicyclic) bond motifs is 3. The van der Waals surface area contributed by atoms with E-state index in [1.165, 1.54) is 7.11 Å². The number of hydrogen-bond donors (Lipinski definition) is 2. The lowest BCUT2D eigenvalue weighted by Crippen LogP contribution is -2.38. The number of carbonyl (C=O) groups excluding carboxylic acids is 1. The molecular weight excluding hydrogens is 576 g/mol. The van der Waals surface area contributed by atoms with Gasteiger partial charge in [0.25, 0.3) is 0 Å². The number of aromatic nitrogens is 3. The number of imidazole rings is 1. The number of rotatable bonds is 11. The molecule has 8 nitrogen and oxygen atoms in total. The van der Waals surface area contributed by atoms with Crippen LogP contribution < -0.4 is 5.32 Å². The number of benzene rings is 4. The summed E-state index contributed by atoms with van der Waals surface area (Å²) in [7, 11) is 1.36. The molecule has 46 heavy (non-hydrogen) atoms. The van der Waals surface area contributed by atoms with Crippen molar-refractivity contribution < 1.29 is 19.4 Å². The number of nitrogens with zero attached hydrogens (tertiary/aromatic N) is 3. The Balaban J connectivity index is 1.72. The summed E-state index contributed by atoms with van der Waals surface area (Å²) in [6.45, 7) is 6.51. The first-order chi connectivity index (χ1) is 22.2. The first kappa shape index (κ1) is 31.0. The maximum absolute atomic E-state index is 12.6. The quantitative estimate of drug-likeness (QED) is 0.119. The minimum atomic E-state index is -1.05. The Morgan fingerprint density at radius 3 is 1.91 bits per heavy atom. The lowest BCUT2D eigenvalue weighted by atomic mass is 9.77. The van der Waals surface area contributed by atoms with Crippen LogP contribution in [-0.2, 0) is 28.2 Å². The van der Waals surface area contributed by atoms with E-state index in [1.54, 1.807) is 26.0 Å². The molecule has 0 spiro atoms. The molecule has 0 radical (unpaired) electrons. The zero-order valence-corrected chi connectivity index (χ0v) is 26.5. The Morgan fingerprint density at radius 1 is 0.848 bits per heavy atom. The van der Waals surface area contributed by atoms with Crippen molar-refractivity contribution in [1.82, 2.24) is 14.5 Å². The molecule has 0 amide bonds. The molecule has 8 heteroatoms. The van der Waals surface area contributed by atoms with Crippen LogP contribution in [0.4, 0.5) is 5.82 Å². The van der Waals surface area contributed by atoms with Crippen LogP contribution in [0.3, 0.4) is 0 Å². The van der Waals surface area contributed by atoms with Crippen molar-refractivity contribution in [2.75, 3.05) is 19.0 Å². The van der Waals surface area contributed by atoms with E-state index in [9.17, 15) is 9.90 Å². The first-order valence-electron chi connectivity index (χ1n) is 15.4. The van der Waals surface area contributed by atoms with Gasteiger partial charge >= 0.3 is 5.97 Å². The minimum absolute atomic E-state index is 0.254. The maximum atomic E-state index is 12.6. The lowest BCUT2D eigenvalue weighted by Gasteiger charge is -2.37. The number of pyridine rings is 1. The molecule has 6 rings (SSSR count). The van der Waals surface area contributed by atoms with Gasteiger partial charge in [0.05, 0.1) is 35.9 Å². The second-order valence-corrected chi connectivity index (χ2v) is 11.9. The fraction of sp³-hybridized carbons (Fsp3) is 0.237. The van der Waals surface area contributed by atoms with E-state index in [0.717, 1.165) is 27.6 Å². The number of esters is 1. The Morgan fingerprint density at radius 2 is 1.41 bits per heavy atom. The summed E-state index contributed by atoms with van der Waals surface area (Å²) >= 11 is 0. The average Bonchev–Trinajstić information content (AvgIpc) is 3.43. The molecular formula is C38H38N4O4. The molecule has 2 aromatic heterocycles. The van der Waals surface area contributed by atoms with Crippen LogP contribution >= 0.6 is 0 Å². The largest absolute Gasteiger partial charge is 0.465 e. The van der Waals surface area contributed by atoms with Gasteiger partial charge < -0.3 is 24.5 Å². The summed E-state index contributed by atoms with van der Waals surface area (Å²) in [5.74, 6) is 0.735. The first-order valence-corrected chi connectivity index (χ1v) is 15.4. The number of methoxy groups -OCH3 is 1. The topological polar surface area (TPSA) is 98.5 Å². The van der Waals surface area contributed by atoms with Gasteiger partial charge in [-0.25, -0.2) is 14.8 Å². The molecule has 4 aromatic carbocycles. The Kier molecular flexibility index (Phi) is 8.58. The Hall–Kier alpha value is -5.05. The molecule has 0 fully saturated rings. The standard InChI is InChI=1S/C38H38N4O4/c1-5-46-24-32-40-33-34(42(32)25-37(2,3)44)30-22-21-26(36(43)45-4)23-31(30)39-35(33)41-38(27-15-9-6-10-16-27,28-17-11-7-12-18-28)29-19-13-8-14-20-29/h6-23,44H,5,24-25H2,1-4H3,(H,39,41). The highest BCUT2D eigenvalue weighted by Gasteiger charge is 2.38. The molecule has 234 valence electrons. The average molecular weight is 615 g/mol. The highest BCUT2D eigenvalue weighted by molar-refractivity contribution is 6.09. The lowest BCUT2D eigenvalue weighted by molar-refractivity contribution is 0.0580. The van der Waals surface area contributed by atoms with Crippen LogP contribution in [0.1, 0.15) is 53.6 Å². The fourth-order valence-electron chi connectivity index (χ4n) is 6.09. The summed E-state index contributed by atoms with van der Waals surface area (Å²) in [5.41, 5.74) is 3.48. The van der Waals surface area contributed by atoms with Gasteiger partial charge in [0.1, 0.15) is 23.5 Å². The third kappa shape index (κ3) is 5.85. The van der Waals surface area contributed by atoms with Crippen molar-refractivity contribution in [3.05, 3.63) is 137 Å². The van der Waals surface area contributed by atoms with E-state index in [4.69, 9.17) is 19.4 Å². The molecule has 6 aromatic rings. The van der Waals surface area contributed by atoms with Gasteiger partial charge in [-0.3, -0.25) is 0 Å². The molecule has 0 saturated carbocycles. The predicted octanol–water partition coefficient (Wildman–Crippen LogP) is 7.08. The smallest absolute Gasteiger partial charge is 0.337 e. The third-order valence-corrected chi connectivity index (χ3v) is 8.08. The molecule has 0 aliphatic rings. The Bertz CT molecular complexity index is 1870. The molecule has 0 bridgehead atoms. The maximum Gasteiger partial charge on any atom is 0.337 e. The SMILES string of the molecule is CCOCc1nc2c(NC(c3ccccc3)(c3ccccc3)c3ccccc3)nc3cc(C(=O)OC)ccc3c2n1CC(C)(C)O. The molecule has 2 heterocycles. The zero-order valence-electron chi connectivity index (χ0n) is 26.5. The number of hydrogen-bond acceptors (Lipinski definition) is 7. The predicted molar refractivity (Wildman–Crippen MR) is 181 cm³/mol. The molecule has 0 aliphatic heterocycles. The number of nitrogens with one attached hydrogen (secondary N) is 1. The van der Waals surface area contributed by atoms with Gasteiger partial charge in [0.15, 0.2) is 5.82 Å². The highest BCUT2D eigenvalue weighted by Crippen LogP contribution is 2.42. The van der Waals surface area contributed by atoms with Crippen LogP contribution in [0.5, 0.6) is 0 Å². The van der Waals surface area contributed by atoms with E-state index < -0.39 is 17.1 Å². The number of aliphatic hydroxyl groups is 1. The van der Waals surface area contributed by atoms with E-state index in [2.05, 4.69) is 41.7 Å². The van der Waals surface area contributed by atoms with Crippen LogP contribution in [0, 0.1) is 0 Å². The highest BCUT2D eigenvalue weighted by atomic mass is 16.5. The summed E-state index contributed by atoms with van der Waals surface area (Å²) in [6.07, 6.45) is 0. The second kappa shape index (κ2) is 12.7.